The lowest BCUT2D eigenvalue weighted by atomic mass is 10.0. The van der Waals surface area contributed by atoms with Gasteiger partial charge in [0.05, 0.1) is 37.8 Å². The zero-order valence-electron chi connectivity index (χ0n) is 12.9. The Balaban J connectivity index is 2.16. The van der Waals surface area contributed by atoms with Gasteiger partial charge in [0.25, 0.3) is 0 Å². The number of nitrogens with one attached hydrogen (secondary N) is 1. The van der Waals surface area contributed by atoms with E-state index in [-0.39, 0.29) is 12.1 Å². The number of rotatable bonds is 6. The van der Waals surface area contributed by atoms with Crippen LogP contribution in [0.3, 0.4) is 0 Å². The highest BCUT2D eigenvalue weighted by Gasteiger charge is 2.32. The second kappa shape index (κ2) is 7.06. The molecule has 0 spiro atoms. The summed E-state index contributed by atoms with van der Waals surface area (Å²) in [5.74, 6) is 0.808. The number of methoxy groups -OCH3 is 1. The van der Waals surface area contributed by atoms with E-state index >= 15 is 0 Å². The average Bonchev–Trinajstić information content (AvgIpc) is 2.82. The van der Waals surface area contributed by atoms with Crippen LogP contribution in [-0.4, -0.2) is 61.2 Å². The van der Waals surface area contributed by atoms with Crippen LogP contribution in [0.5, 0.6) is 5.75 Å². The van der Waals surface area contributed by atoms with Gasteiger partial charge in [0.1, 0.15) is 0 Å². The fourth-order valence-corrected chi connectivity index (χ4v) is 2.89. The van der Waals surface area contributed by atoms with Crippen molar-refractivity contribution in [3.63, 3.8) is 0 Å². The van der Waals surface area contributed by atoms with Crippen LogP contribution in [0.15, 0.2) is 6.20 Å². The number of likely N-dealkylation sites (N-methyl/N-ethyl adjacent to an activating group) is 1. The minimum Gasteiger partial charge on any atom is -0.493 e. The third kappa shape index (κ3) is 3.13. The maximum absolute atomic E-state index is 5.99. The number of morpholine rings is 1. The molecule has 1 aliphatic heterocycles. The average molecular weight is 282 g/mol. The second-order valence-electron chi connectivity index (χ2n) is 5.20. The van der Waals surface area contributed by atoms with Crippen molar-refractivity contribution < 1.29 is 9.47 Å². The first-order chi connectivity index (χ1) is 9.71. The fraction of sp³-hybridized carbons (Fsp3) is 0.786. The minimum atomic E-state index is 0.0807. The van der Waals surface area contributed by atoms with Crippen molar-refractivity contribution in [1.29, 1.82) is 0 Å². The van der Waals surface area contributed by atoms with E-state index in [1.165, 1.54) is 6.42 Å². The van der Waals surface area contributed by atoms with Crippen LogP contribution in [0.1, 0.15) is 25.1 Å². The largest absolute Gasteiger partial charge is 0.493 e. The van der Waals surface area contributed by atoms with Gasteiger partial charge in [0, 0.05) is 20.1 Å². The zero-order chi connectivity index (χ0) is 14.5. The Labute approximate surface area is 121 Å². The lowest BCUT2D eigenvalue weighted by molar-refractivity contribution is -0.0474. The monoisotopic (exact) mass is 282 g/mol. The molecular formula is C14H26N4O2. The van der Waals surface area contributed by atoms with Gasteiger partial charge in [-0.15, -0.1) is 0 Å². The minimum absolute atomic E-state index is 0.0807. The maximum atomic E-state index is 5.99. The van der Waals surface area contributed by atoms with Crippen LogP contribution in [0.25, 0.3) is 0 Å². The molecule has 6 heteroatoms. The van der Waals surface area contributed by atoms with E-state index in [4.69, 9.17) is 9.47 Å². The molecule has 0 saturated carbocycles. The standard InChI is InChI=1S/C14H26N4O2/c1-5-6-18-7-8-20-12(10-18)13(15-2)14-11(19-4)9-16-17(14)3/h9,12-13,15H,5-8,10H2,1-4H3. The number of aryl methyl sites for hydroxylation is 1. The predicted octanol–water partition coefficient (Wildman–Crippen LogP) is 0.800. The molecule has 20 heavy (non-hydrogen) atoms. The SMILES string of the molecule is CCCN1CCOC(C(NC)c2c(OC)cnn2C)C1. The molecule has 0 aliphatic carbocycles. The van der Waals surface area contributed by atoms with E-state index in [1.54, 1.807) is 13.3 Å². The van der Waals surface area contributed by atoms with Gasteiger partial charge in [-0.2, -0.15) is 5.10 Å². The van der Waals surface area contributed by atoms with Crippen LogP contribution in [0.2, 0.25) is 0 Å². The van der Waals surface area contributed by atoms with E-state index in [0.717, 1.165) is 37.7 Å². The number of ether oxygens (including phenoxy) is 2. The summed E-state index contributed by atoms with van der Waals surface area (Å²) in [4.78, 5) is 2.46. The van der Waals surface area contributed by atoms with Crippen molar-refractivity contribution in [3.8, 4) is 5.75 Å². The van der Waals surface area contributed by atoms with Gasteiger partial charge in [-0.05, 0) is 20.0 Å². The molecule has 114 valence electrons. The summed E-state index contributed by atoms with van der Waals surface area (Å²) in [6.45, 7) is 6.07. The molecule has 0 radical (unpaired) electrons. The number of hydrogen-bond acceptors (Lipinski definition) is 5. The van der Waals surface area contributed by atoms with Gasteiger partial charge >= 0.3 is 0 Å². The topological polar surface area (TPSA) is 51.6 Å². The normalized spacial score (nSPS) is 21.9. The second-order valence-corrected chi connectivity index (χ2v) is 5.20. The zero-order valence-corrected chi connectivity index (χ0v) is 12.9. The summed E-state index contributed by atoms with van der Waals surface area (Å²) in [7, 11) is 5.58. The number of hydrogen-bond donors (Lipinski definition) is 1. The summed E-state index contributed by atoms with van der Waals surface area (Å²) in [5.41, 5.74) is 1.04. The Kier molecular flexibility index (Phi) is 5.39. The molecular weight excluding hydrogens is 256 g/mol. The summed E-state index contributed by atoms with van der Waals surface area (Å²) < 4.78 is 13.3. The van der Waals surface area contributed by atoms with Gasteiger partial charge in [-0.25, -0.2) is 0 Å². The van der Waals surface area contributed by atoms with Crippen LogP contribution < -0.4 is 10.1 Å². The molecule has 0 amide bonds. The smallest absolute Gasteiger partial charge is 0.161 e. The third-order valence-corrected chi connectivity index (χ3v) is 3.86. The summed E-state index contributed by atoms with van der Waals surface area (Å²) in [6.07, 6.45) is 3.04. The lowest BCUT2D eigenvalue weighted by Crippen LogP contribution is -2.48. The van der Waals surface area contributed by atoms with Gasteiger partial charge < -0.3 is 14.8 Å². The third-order valence-electron chi connectivity index (χ3n) is 3.86. The molecule has 1 aromatic heterocycles. The maximum Gasteiger partial charge on any atom is 0.161 e. The molecule has 0 aromatic carbocycles. The summed E-state index contributed by atoms with van der Waals surface area (Å²) in [6, 6.07) is 0.0807. The fourth-order valence-electron chi connectivity index (χ4n) is 2.89. The van der Waals surface area contributed by atoms with Gasteiger partial charge in [-0.3, -0.25) is 9.58 Å². The molecule has 1 saturated heterocycles. The highest BCUT2D eigenvalue weighted by molar-refractivity contribution is 5.29. The van der Waals surface area contributed by atoms with E-state index in [1.807, 2.05) is 18.8 Å². The number of aromatic nitrogens is 2. The highest BCUT2D eigenvalue weighted by Crippen LogP contribution is 2.29. The Morgan fingerprint density at radius 1 is 1.60 bits per heavy atom. The highest BCUT2D eigenvalue weighted by atomic mass is 16.5. The molecule has 0 bridgehead atoms. The van der Waals surface area contributed by atoms with Crippen LogP contribution in [-0.2, 0) is 11.8 Å². The first-order valence-electron chi connectivity index (χ1n) is 7.28. The quantitative estimate of drug-likeness (QED) is 0.836. The van der Waals surface area contributed by atoms with Gasteiger partial charge in [0.2, 0.25) is 0 Å². The van der Waals surface area contributed by atoms with Crippen molar-refractivity contribution in [3.05, 3.63) is 11.9 Å². The molecule has 1 N–H and O–H groups in total. The first-order valence-corrected chi connectivity index (χ1v) is 7.28. The van der Waals surface area contributed by atoms with E-state index in [0.29, 0.717) is 0 Å². The predicted molar refractivity (Wildman–Crippen MR) is 78.0 cm³/mol. The Hall–Kier alpha value is -1.11. The molecule has 2 atom stereocenters. The molecule has 2 rings (SSSR count). The molecule has 1 fully saturated rings. The van der Waals surface area contributed by atoms with E-state index < -0.39 is 0 Å². The molecule has 2 heterocycles. The van der Waals surface area contributed by atoms with E-state index in [2.05, 4.69) is 22.2 Å². The Morgan fingerprint density at radius 3 is 3.05 bits per heavy atom. The van der Waals surface area contributed by atoms with Gasteiger partial charge in [0.15, 0.2) is 5.75 Å². The molecule has 6 nitrogen and oxygen atoms in total. The van der Waals surface area contributed by atoms with Crippen molar-refractivity contribution in [1.82, 2.24) is 20.0 Å². The van der Waals surface area contributed by atoms with Crippen molar-refractivity contribution in [2.45, 2.75) is 25.5 Å². The Morgan fingerprint density at radius 2 is 2.40 bits per heavy atom. The first kappa shape index (κ1) is 15.3. The van der Waals surface area contributed by atoms with Crippen LogP contribution >= 0.6 is 0 Å². The molecule has 1 aromatic rings. The van der Waals surface area contributed by atoms with Crippen molar-refractivity contribution in [2.75, 3.05) is 40.4 Å². The van der Waals surface area contributed by atoms with Crippen LogP contribution in [0, 0.1) is 0 Å². The lowest BCUT2D eigenvalue weighted by Gasteiger charge is -2.37. The summed E-state index contributed by atoms with van der Waals surface area (Å²) in [5, 5.41) is 7.65. The summed E-state index contributed by atoms with van der Waals surface area (Å²) >= 11 is 0. The van der Waals surface area contributed by atoms with Gasteiger partial charge in [-0.1, -0.05) is 6.92 Å². The van der Waals surface area contributed by atoms with Crippen molar-refractivity contribution in [2.24, 2.45) is 7.05 Å². The van der Waals surface area contributed by atoms with Crippen LogP contribution in [0.4, 0.5) is 0 Å². The molecule has 1 aliphatic rings. The Bertz CT molecular complexity index is 419. The van der Waals surface area contributed by atoms with Crippen molar-refractivity contribution >= 4 is 0 Å². The van der Waals surface area contributed by atoms with E-state index in [9.17, 15) is 0 Å². The number of nitrogens with zero attached hydrogens (tertiary/aromatic N) is 3. The molecule has 2 unspecified atom stereocenters.